The fourth-order valence-electron chi connectivity index (χ4n) is 3.96. The number of hydrogen-bond donors (Lipinski definition) is 2. The van der Waals surface area contributed by atoms with Crippen molar-refractivity contribution in [3.8, 4) is 5.75 Å². The standard InChI is InChI=1S/C24H22FNO3/c25-18-9-11-19(12-10-18)26-23(21(28)15-6-16-4-2-1-3-5-16)22(24(26)29)17-7-13-20(27)14-8-17/h1-5,7-14,21-23,27-28H,6,15H2/t21-,22-,23-/m1/s1. The average molecular weight is 391 g/mol. The van der Waals surface area contributed by atoms with Crippen molar-refractivity contribution in [3.63, 3.8) is 0 Å². The fourth-order valence-corrected chi connectivity index (χ4v) is 3.96. The number of aliphatic hydroxyl groups excluding tert-OH is 1. The molecule has 4 rings (SSSR count). The Bertz CT molecular complexity index is 918. The summed E-state index contributed by atoms with van der Waals surface area (Å²) in [6.45, 7) is 0. The monoisotopic (exact) mass is 391 g/mol. The number of phenolic OH excluding ortho intramolecular Hbond substituents is 1. The van der Waals surface area contributed by atoms with Crippen molar-refractivity contribution in [2.75, 3.05) is 4.90 Å². The van der Waals surface area contributed by atoms with Crippen molar-refractivity contribution in [1.82, 2.24) is 0 Å². The van der Waals surface area contributed by atoms with Crippen molar-refractivity contribution in [2.45, 2.75) is 30.9 Å². The highest BCUT2D eigenvalue weighted by molar-refractivity contribution is 6.06. The van der Waals surface area contributed by atoms with Crippen molar-refractivity contribution >= 4 is 11.6 Å². The quantitative estimate of drug-likeness (QED) is 0.624. The molecule has 0 saturated carbocycles. The van der Waals surface area contributed by atoms with Crippen LogP contribution in [0.25, 0.3) is 0 Å². The van der Waals surface area contributed by atoms with Crippen LogP contribution in [-0.2, 0) is 11.2 Å². The summed E-state index contributed by atoms with van der Waals surface area (Å²) in [7, 11) is 0. The second-order valence-corrected chi connectivity index (χ2v) is 7.34. The van der Waals surface area contributed by atoms with E-state index in [-0.39, 0.29) is 17.5 Å². The fraction of sp³-hybridized carbons (Fsp3) is 0.208. The van der Waals surface area contributed by atoms with E-state index >= 15 is 0 Å². The van der Waals surface area contributed by atoms with Gasteiger partial charge in [-0.1, -0.05) is 42.5 Å². The Labute approximate surface area is 168 Å². The van der Waals surface area contributed by atoms with Crippen LogP contribution >= 0.6 is 0 Å². The lowest BCUT2D eigenvalue weighted by Gasteiger charge is -2.49. The highest BCUT2D eigenvalue weighted by atomic mass is 19.1. The topological polar surface area (TPSA) is 60.8 Å². The summed E-state index contributed by atoms with van der Waals surface area (Å²) in [5.41, 5.74) is 2.43. The minimum atomic E-state index is -0.753. The number of rotatable bonds is 6. The lowest BCUT2D eigenvalue weighted by atomic mass is 9.77. The molecule has 5 heteroatoms. The third-order valence-corrected chi connectivity index (χ3v) is 5.47. The summed E-state index contributed by atoms with van der Waals surface area (Å²) in [5.74, 6) is -0.910. The van der Waals surface area contributed by atoms with Gasteiger partial charge in [0.15, 0.2) is 0 Å². The Morgan fingerprint density at radius 2 is 1.59 bits per heavy atom. The first-order valence-electron chi connectivity index (χ1n) is 9.64. The number of phenols is 1. The predicted molar refractivity (Wildman–Crippen MR) is 109 cm³/mol. The molecule has 3 aromatic carbocycles. The maximum absolute atomic E-state index is 13.3. The number of carbonyl (C=O) groups is 1. The number of β-lactam (4-membered cyclic amide) rings is 1. The van der Waals surface area contributed by atoms with Crippen molar-refractivity contribution < 1.29 is 19.4 Å². The van der Waals surface area contributed by atoms with E-state index in [4.69, 9.17) is 0 Å². The van der Waals surface area contributed by atoms with Crippen molar-refractivity contribution in [1.29, 1.82) is 0 Å². The summed E-state index contributed by atoms with van der Waals surface area (Å²) in [6, 6.07) is 21.6. The molecule has 0 bridgehead atoms. The lowest BCUT2D eigenvalue weighted by molar-refractivity contribution is -0.129. The Balaban J connectivity index is 1.60. The van der Waals surface area contributed by atoms with Gasteiger partial charge in [0.25, 0.3) is 0 Å². The molecule has 0 aromatic heterocycles. The van der Waals surface area contributed by atoms with Crippen molar-refractivity contribution in [2.24, 2.45) is 0 Å². The first-order valence-corrected chi connectivity index (χ1v) is 9.64. The molecule has 0 unspecified atom stereocenters. The Hall–Kier alpha value is -3.18. The second kappa shape index (κ2) is 8.05. The zero-order chi connectivity index (χ0) is 20.4. The number of anilines is 1. The van der Waals surface area contributed by atoms with Crippen LogP contribution in [0, 0.1) is 5.82 Å². The summed E-state index contributed by atoms with van der Waals surface area (Å²) >= 11 is 0. The number of aromatic hydroxyl groups is 1. The second-order valence-electron chi connectivity index (χ2n) is 7.34. The maximum Gasteiger partial charge on any atom is 0.237 e. The van der Waals surface area contributed by atoms with Crippen LogP contribution < -0.4 is 4.90 Å². The Kier molecular flexibility index (Phi) is 5.32. The number of nitrogens with zero attached hydrogens (tertiary/aromatic N) is 1. The molecule has 2 N–H and O–H groups in total. The average Bonchev–Trinajstić information content (AvgIpc) is 2.74. The van der Waals surface area contributed by atoms with E-state index in [1.807, 2.05) is 30.3 Å². The van der Waals surface area contributed by atoms with Crippen LogP contribution in [-0.4, -0.2) is 28.3 Å². The molecule has 1 saturated heterocycles. The van der Waals surface area contributed by atoms with Crippen LogP contribution in [0.5, 0.6) is 5.75 Å². The number of halogens is 1. The highest BCUT2D eigenvalue weighted by Crippen LogP contribution is 2.42. The van der Waals surface area contributed by atoms with Gasteiger partial charge in [0.1, 0.15) is 11.6 Å². The van der Waals surface area contributed by atoms with E-state index in [0.717, 1.165) is 11.1 Å². The largest absolute Gasteiger partial charge is 0.508 e. The lowest BCUT2D eigenvalue weighted by Crippen LogP contribution is -2.64. The van der Waals surface area contributed by atoms with Crippen molar-refractivity contribution in [3.05, 3.63) is 95.8 Å². The molecular formula is C24H22FNO3. The smallest absolute Gasteiger partial charge is 0.237 e. The number of aliphatic hydroxyl groups is 1. The highest BCUT2D eigenvalue weighted by Gasteiger charge is 2.51. The van der Waals surface area contributed by atoms with Crippen LogP contribution in [0.1, 0.15) is 23.5 Å². The van der Waals surface area contributed by atoms with Gasteiger partial charge in [-0.05, 0) is 60.4 Å². The molecule has 0 spiro atoms. The Morgan fingerprint density at radius 1 is 0.931 bits per heavy atom. The zero-order valence-corrected chi connectivity index (χ0v) is 15.8. The molecule has 4 nitrogen and oxygen atoms in total. The normalized spacial score (nSPS) is 19.7. The van der Waals surface area contributed by atoms with Gasteiger partial charge in [0.2, 0.25) is 5.91 Å². The molecule has 1 heterocycles. The van der Waals surface area contributed by atoms with E-state index in [1.54, 1.807) is 29.2 Å². The van der Waals surface area contributed by atoms with E-state index in [2.05, 4.69) is 0 Å². The van der Waals surface area contributed by atoms with Gasteiger partial charge in [0, 0.05) is 5.69 Å². The molecular weight excluding hydrogens is 369 g/mol. The molecule has 29 heavy (non-hydrogen) atoms. The number of benzene rings is 3. The third kappa shape index (κ3) is 3.87. The van der Waals surface area contributed by atoms with E-state index in [0.29, 0.717) is 18.5 Å². The van der Waals surface area contributed by atoms with Crippen LogP contribution in [0.15, 0.2) is 78.9 Å². The molecule has 1 fully saturated rings. The molecule has 0 aliphatic carbocycles. The van der Waals surface area contributed by atoms with Crippen LogP contribution in [0.2, 0.25) is 0 Å². The van der Waals surface area contributed by atoms with Gasteiger partial charge < -0.3 is 15.1 Å². The molecule has 3 aromatic rings. The molecule has 1 amide bonds. The maximum atomic E-state index is 13.3. The minimum Gasteiger partial charge on any atom is -0.508 e. The molecule has 0 radical (unpaired) electrons. The summed E-state index contributed by atoms with van der Waals surface area (Å²) in [5, 5.41) is 20.6. The van der Waals surface area contributed by atoms with E-state index in [1.165, 1.54) is 24.3 Å². The predicted octanol–water partition coefficient (Wildman–Crippen LogP) is 4.02. The molecule has 1 aliphatic heterocycles. The SMILES string of the molecule is O=C1[C@H](c2ccc(O)cc2)[C@@H]([C@H](O)CCc2ccccc2)N1c1ccc(F)cc1. The molecule has 1 aliphatic rings. The minimum absolute atomic E-state index is 0.122. The number of aryl methyl sites for hydroxylation is 1. The Morgan fingerprint density at radius 3 is 2.24 bits per heavy atom. The van der Waals surface area contributed by atoms with Gasteiger partial charge in [-0.15, -0.1) is 0 Å². The summed E-state index contributed by atoms with van der Waals surface area (Å²) in [4.78, 5) is 14.5. The summed E-state index contributed by atoms with van der Waals surface area (Å²) in [6.07, 6.45) is 0.428. The number of carbonyl (C=O) groups excluding carboxylic acids is 1. The van der Waals surface area contributed by atoms with E-state index in [9.17, 15) is 19.4 Å². The summed E-state index contributed by atoms with van der Waals surface area (Å²) < 4.78 is 13.3. The third-order valence-electron chi connectivity index (χ3n) is 5.47. The number of amides is 1. The first kappa shape index (κ1) is 19.2. The van der Waals surface area contributed by atoms with Gasteiger partial charge >= 0.3 is 0 Å². The molecule has 148 valence electrons. The zero-order valence-electron chi connectivity index (χ0n) is 15.8. The van der Waals surface area contributed by atoms with Gasteiger partial charge in [0.05, 0.1) is 18.1 Å². The van der Waals surface area contributed by atoms with Gasteiger partial charge in [-0.25, -0.2) is 4.39 Å². The van der Waals surface area contributed by atoms with Gasteiger partial charge in [-0.2, -0.15) is 0 Å². The number of hydrogen-bond acceptors (Lipinski definition) is 3. The first-order chi connectivity index (χ1) is 14.0. The van der Waals surface area contributed by atoms with Gasteiger partial charge in [-0.3, -0.25) is 4.79 Å². The van der Waals surface area contributed by atoms with Crippen LogP contribution in [0.4, 0.5) is 10.1 Å². The molecule has 3 atom stereocenters. The van der Waals surface area contributed by atoms with E-state index < -0.39 is 18.1 Å². The van der Waals surface area contributed by atoms with Crippen LogP contribution in [0.3, 0.4) is 0 Å².